The number of carbonyl (C=O) groups is 1. The summed E-state index contributed by atoms with van der Waals surface area (Å²) >= 11 is 1.61. The fraction of sp³-hybridized carbons (Fsp3) is 0.222. The van der Waals surface area contributed by atoms with Gasteiger partial charge < -0.3 is 4.57 Å². The molecule has 0 radical (unpaired) electrons. The molecule has 0 fully saturated rings. The normalized spacial score (nSPS) is 10.4. The Morgan fingerprint density at radius 2 is 2.50 bits per heavy atom. The molecule has 0 amide bonds. The van der Waals surface area contributed by atoms with Gasteiger partial charge in [0.25, 0.3) is 0 Å². The molecule has 0 saturated heterocycles. The number of aldehydes is 1. The van der Waals surface area contributed by atoms with E-state index in [-0.39, 0.29) is 0 Å². The molecule has 0 saturated carbocycles. The minimum Gasteiger partial charge on any atom is -0.322 e. The minimum atomic E-state index is 0.579. The molecule has 0 aliphatic heterocycles. The van der Waals surface area contributed by atoms with E-state index in [1.54, 1.807) is 28.4 Å². The number of aryl methyl sites for hydroxylation is 1. The molecular weight excluding hydrogens is 198 g/mol. The number of rotatable bonds is 3. The predicted octanol–water partition coefficient (Wildman–Crippen LogP) is 1.51. The zero-order chi connectivity index (χ0) is 9.97. The van der Waals surface area contributed by atoms with Gasteiger partial charge in [0.2, 0.25) is 0 Å². The highest BCUT2D eigenvalue weighted by Gasteiger charge is 2.03. The first-order valence-corrected chi connectivity index (χ1v) is 5.04. The van der Waals surface area contributed by atoms with Crippen molar-refractivity contribution in [3.05, 3.63) is 34.3 Å². The van der Waals surface area contributed by atoms with E-state index >= 15 is 0 Å². The predicted molar refractivity (Wildman–Crippen MR) is 53.6 cm³/mol. The van der Waals surface area contributed by atoms with Gasteiger partial charge in [0, 0.05) is 5.38 Å². The lowest BCUT2D eigenvalue weighted by molar-refractivity contribution is 0.111. The summed E-state index contributed by atoms with van der Waals surface area (Å²) < 4.78 is 1.78. The summed E-state index contributed by atoms with van der Waals surface area (Å²) in [5, 5.41) is 3.02. The average Bonchev–Trinajstić information content (AvgIpc) is 2.76. The van der Waals surface area contributed by atoms with Gasteiger partial charge in [-0.05, 0) is 6.92 Å². The average molecular weight is 207 g/mol. The maximum Gasteiger partial charge on any atom is 0.168 e. The van der Waals surface area contributed by atoms with E-state index in [1.807, 2.05) is 12.3 Å². The highest BCUT2D eigenvalue weighted by molar-refractivity contribution is 7.09. The third-order valence-corrected chi connectivity index (χ3v) is 2.69. The topological polar surface area (TPSA) is 47.8 Å². The molecule has 0 spiro atoms. The number of nitrogens with zero attached hydrogens (tertiary/aromatic N) is 3. The van der Waals surface area contributed by atoms with Crippen molar-refractivity contribution in [2.24, 2.45) is 0 Å². The minimum absolute atomic E-state index is 0.579. The van der Waals surface area contributed by atoms with Crippen LogP contribution in [0.3, 0.4) is 0 Å². The van der Waals surface area contributed by atoms with Crippen LogP contribution in [0.2, 0.25) is 0 Å². The van der Waals surface area contributed by atoms with E-state index in [2.05, 4.69) is 9.97 Å². The zero-order valence-electron chi connectivity index (χ0n) is 7.67. The third kappa shape index (κ3) is 1.72. The largest absolute Gasteiger partial charge is 0.322 e. The number of aromatic nitrogens is 3. The lowest BCUT2D eigenvalue weighted by Gasteiger charge is -1.99. The second-order valence-electron chi connectivity index (χ2n) is 2.92. The first-order chi connectivity index (χ1) is 6.79. The standard InChI is InChI=1S/C9H9N3OS/c1-7-11-8(5-14-7)3-12-6-10-2-9(12)4-13/h2,4-6H,3H2,1H3. The Labute approximate surface area is 85.2 Å². The van der Waals surface area contributed by atoms with Crippen LogP contribution in [0.5, 0.6) is 0 Å². The van der Waals surface area contributed by atoms with E-state index in [9.17, 15) is 4.79 Å². The Bertz CT molecular complexity index is 446. The molecule has 0 aromatic carbocycles. The lowest BCUT2D eigenvalue weighted by atomic mass is 10.4. The van der Waals surface area contributed by atoms with Crippen LogP contribution in [0.1, 0.15) is 21.2 Å². The van der Waals surface area contributed by atoms with Crippen LogP contribution < -0.4 is 0 Å². The highest BCUT2D eigenvalue weighted by Crippen LogP contribution is 2.10. The van der Waals surface area contributed by atoms with E-state index < -0.39 is 0 Å². The fourth-order valence-corrected chi connectivity index (χ4v) is 1.82. The Hall–Kier alpha value is -1.49. The molecule has 0 unspecified atom stereocenters. The van der Waals surface area contributed by atoms with Gasteiger partial charge in [0.15, 0.2) is 6.29 Å². The van der Waals surface area contributed by atoms with Crippen molar-refractivity contribution in [1.29, 1.82) is 0 Å². The summed E-state index contributed by atoms with van der Waals surface area (Å²) in [4.78, 5) is 18.8. The van der Waals surface area contributed by atoms with Gasteiger partial charge in [0.1, 0.15) is 5.69 Å². The lowest BCUT2D eigenvalue weighted by Crippen LogP contribution is -2.02. The molecule has 0 aliphatic rings. The number of imidazole rings is 1. The van der Waals surface area contributed by atoms with Gasteiger partial charge in [-0.15, -0.1) is 11.3 Å². The fourth-order valence-electron chi connectivity index (χ4n) is 1.22. The van der Waals surface area contributed by atoms with Crippen LogP contribution in [0.4, 0.5) is 0 Å². The summed E-state index contributed by atoms with van der Waals surface area (Å²) in [6.07, 6.45) is 3.98. The van der Waals surface area contributed by atoms with Gasteiger partial charge >= 0.3 is 0 Å². The van der Waals surface area contributed by atoms with Crippen LogP contribution >= 0.6 is 11.3 Å². The smallest absolute Gasteiger partial charge is 0.168 e. The Morgan fingerprint density at radius 1 is 1.64 bits per heavy atom. The van der Waals surface area contributed by atoms with Crippen molar-refractivity contribution in [1.82, 2.24) is 14.5 Å². The molecule has 14 heavy (non-hydrogen) atoms. The van der Waals surface area contributed by atoms with E-state index in [0.717, 1.165) is 17.0 Å². The number of thiazole rings is 1. The van der Waals surface area contributed by atoms with Crippen molar-refractivity contribution in [2.45, 2.75) is 13.5 Å². The first-order valence-electron chi connectivity index (χ1n) is 4.16. The van der Waals surface area contributed by atoms with E-state index in [4.69, 9.17) is 0 Å². The number of hydrogen-bond donors (Lipinski definition) is 0. The molecule has 2 aromatic rings. The summed E-state index contributed by atoms with van der Waals surface area (Å²) in [6, 6.07) is 0. The molecule has 2 aromatic heterocycles. The van der Waals surface area contributed by atoms with Crippen LogP contribution in [0, 0.1) is 6.92 Å². The highest BCUT2D eigenvalue weighted by atomic mass is 32.1. The van der Waals surface area contributed by atoms with Crippen molar-refractivity contribution in [3.8, 4) is 0 Å². The van der Waals surface area contributed by atoms with Gasteiger partial charge in [-0.25, -0.2) is 9.97 Å². The van der Waals surface area contributed by atoms with Gasteiger partial charge in [-0.2, -0.15) is 0 Å². The molecule has 5 heteroatoms. The van der Waals surface area contributed by atoms with Gasteiger partial charge in [-0.1, -0.05) is 0 Å². The first kappa shape index (κ1) is 9.08. The molecule has 0 atom stereocenters. The van der Waals surface area contributed by atoms with E-state index in [1.165, 1.54) is 0 Å². The molecule has 2 heterocycles. The molecule has 2 rings (SSSR count). The van der Waals surface area contributed by atoms with Crippen molar-refractivity contribution < 1.29 is 4.79 Å². The molecule has 0 bridgehead atoms. The van der Waals surface area contributed by atoms with Crippen LogP contribution in [-0.2, 0) is 6.54 Å². The Morgan fingerprint density at radius 3 is 3.14 bits per heavy atom. The van der Waals surface area contributed by atoms with Crippen molar-refractivity contribution in [2.75, 3.05) is 0 Å². The molecule has 0 N–H and O–H groups in total. The molecule has 4 nitrogen and oxygen atoms in total. The van der Waals surface area contributed by atoms with E-state index in [0.29, 0.717) is 12.2 Å². The van der Waals surface area contributed by atoms with Crippen LogP contribution in [0.15, 0.2) is 17.9 Å². The number of carbonyl (C=O) groups excluding carboxylic acids is 1. The second-order valence-corrected chi connectivity index (χ2v) is 3.98. The van der Waals surface area contributed by atoms with Gasteiger partial charge in [0.05, 0.1) is 29.8 Å². The summed E-state index contributed by atoms with van der Waals surface area (Å²) in [7, 11) is 0. The molecule has 72 valence electrons. The number of hydrogen-bond acceptors (Lipinski definition) is 4. The Balaban J connectivity index is 2.22. The zero-order valence-corrected chi connectivity index (χ0v) is 8.49. The van der Waals surface area contributed by atoms with Crippen LogP contribution in [-0.4, -0.2) is 20.8 Å². The second kappa shape index (κ2) is 3.71. The SMILES string of the molecule is Cc1nc(Cn2cncc2C=O)cs1. The summed E-state index contributed by atoms with van der Waals surface area (Å²) in [5.41, 5.74) is 1.55. The van der Waals surface area contributed by atoms with Crippen molar-refractivity contribution in [3.63, 3.8) is 0 Å². The molecule has 0 aliphatic carbocycles. The summed E-state index contributed by atoms with van der Waals surface area (Å²) in [5.74, 6) is 0. The molecular formula is C9H9N3OS. The summed E-state index contributed by atoms with van der Waals surface area (Å²) in [6.45, 7) is 2.57. The third-order valence-electron chi connectivity index (χ3n) is 1.86. The maximum absolute atomic E-state index is 10.6. The van der Waals surface area contributed by atoms with Gasteiger partial charge in [-0.3, -0.25) is 4.79 Å². The Kier molecular flexibility index (Phi) is 2.41. The maximum atomic E-state index is 10.6. The monoisotopic (exact) mass is 207 g/mol. The quantitative estimate of drug-likeness (QED) is 0.717. The van der Waals surface area contributed by atoms with Crippen molar-refractivity contribution >= 4 is 17.6 Å². The van der Waals surface area contributed by atoms with Crippen LogP contribution in [0.25, 0.3) is 0 Å².